The van der Waals surface area contributed by atoms with Crippen LogP contribution in [0.3, 0.4) is 0 Å². The Morgan fingerprint density at radius 3 is 2.24 bits per heavy atom. The first-order valence-electron chi connectivity index (χ1n) is 9.08. The van der Waals surface area contributed by atoms with Gasteiger partial charge in [-0.2, -0.15) is 10.2 Å². The van der Waals surface area contributed by atoms with Gasteiger partial charge in [-0.3, -0.25) is 9.59 Å². The largest absolute Gasteiger partial charge is 0.292 e. The molecule has 0 radical (unpaired) electrons. The summed E-state index contributed by atoms with van der Waals surface area (Å²) in [4.78, 5) is 24.7. The maximum absolute atomic E-state index is 12.5. The lowest BCUT2D eigenvalue weighted by atomic mass is 10.0. The number of fused-ring (bicyclic) bond motifs is 1. The number of amides is 1. The number of nitrogens with zero attached hydrogens (tertiary/aromatic N) is 3. The van der Waals surface area contributed by atoms with E-state index in [9.17, 15) is 9.59 Å². The van der Waals surface area contributed by atoms with Gasteiger partial charge in [-0.05, 0) is 22.8 Å². The number of carbonyl (C=O) groups is 1. The second-order valence-electron chi connectivity index (χ2n) is 6.51. The minimum Gasteiger partial charge on any atom is -0.267 e. The van der Waals surface area contributed by atoms with Crippen LogP contribution in [-0.4, -0.2) is 21.9 Å². The topological polar surface area (TPSA) is 76.3 Å². The van der Waals surface area contributed by atoms with E-state index in [-0.39, 0.29) is 11.3 Å². The lowest BCUT2D eigenvalue weighted by Crippen LogP contribution is -2.27. The molecule has 0 aliphatic carbocycles. The van der Waals surface area contributed by atoms with Crippen molar-refractivity contribution in [2.75, 3.05) is 0 Å². The van der Waals surface area contributed by atoms with Crippen LogP contribution in [0.1, 0.15) is 16.1 Å². The van der Waals surface area contributed by atoms with Gasteiger partial charge in [0.25, 0.3) is 11.5 Å². The number of carbonyl (C=O) groups excluding carboxylic acids is 1. The zero-order valence-corrected chi connectivity index (χ0v) is 15.7. The maximum atomic E-state index is 12.5. The molecule has 1 aromatic heterocycles. The Labute approximate surface area is 167 Å². The van der Waals surface area contributed by atoms with E-state index in [0.717, 1.165) is 21.4 Å². The average molecular weight is 382 g/mol. The molecule has 1 heterocycles. The predicted octanol–water partition coefficient (Wildman–Crippen LogP) is 3.36. The molecule has 142 valence electrons. The number of hydrogen-bond acceptors (Lipinski definition) is 4. The van der Waals surface area contributed by atoms with Crippen LogP contribution in [-0.2, 0) is 7.05 Å². The number of benzene rings is 3. The van der Waals surface area contributed by atoms with Crippen LogP contribution in [0.5, 0.6) is 0 Å². The summed E-state index contributed by atoms with van der Waals surface area (Å²) in [5.41, 5.74) is 5.48. The van der Waals surface area contributed by atoms with Crippen LogP contribution in [0.25, 0.3) is 21.9 Å². The molecule has 6 heteroatoms. The Morgan fingerprint density at radius 2 is 1.52 bits per heavy atom. The number of rotatable bonds is 4. The van der Waals surface area contributed by atoms with Gasteiger partial charge in [-0.15, -0.1) is 0 Å². The van der Waals surface area contributed by atoms with Crippen molar-refractivity contribution in [1.29, 1.82) is 0 Å². The summed E-state index contributed by atoms with van der Waals surface area (Å²) >= 11 is 0. The van der Waals surface area contributed by atoms with Crippen LogP contribution < -0.4 is 11.0 Å². The molecule has 0 bridgehead atoms. The quantitative estimate of drug-likeness (QED) is 0.434. The number of aryl methyl sites for hydroxylation is 1. The second kappa shape index (κ2) is 7.90. The molecule has 0 unspecified atom stereocenters. The fourth-order valence-corrected chi connectivity index (χ4v) is 3.08. The fourth-order valence-electron chi connectivity index (χ4n) is 3.08. The van der Waals surface area contributed by atoms with E-state index < -0.39 is 5.91 Å². The third-order valence-electron chi connectivity index (χ3n) is 4.57. The molecule has 0 spiro atoms. The third-order valence-corrected chi connectivity index (χ3v) is 4.57. The summed E-state index contributed by atoms with van der Waals surface area (Å²) in [6.07, 6.45) is 1.57. The van der Waals surface area contributed by atoms with E-state index in [4.69, 9.17) is 0 Å². The average Bonchev–Trinajstić information content (AvgIpc) is 2.77. The number of hydrazone groups is 1. The van der Waals surface area contributed by atoms with Gasteiger partial charge >= 0.3 is 0 Å². The third kappa shape index (κ3) is 3.82. The Bertz CT molecular complexity index is 1260. The van der Waals surface area contributed by atoms with E-state index in [1.165, 1.54) is 7.05 Å². The minimum atomic E-state index is -0.478. The van der Waals surface area contributed by atoms with Crippen LogP contribution in [0.15, 0.2) is 88.8 Å². The van der Waals surface area contributed by atoms with E-state index in [0.29, 0.717) is 10.8 Å². The maximum Gasteiger partial charge on any atom is 0.292 e. The number of aromatic nitrogens is 2. The highest BCUT2D eigenvalue weighted by Crippen LogP contribution is 2.18. The molecule has 4 rings (SSSR count). The van der Waals surface area contributed by atoms with Gasteiger partial charge < -0.3 is 0 Å². The summed E-state index contributed by atoms with van der Waals surface area (Å²) in [6.45, 7) is 0. The molecule has 0 aliphatic rings. The first-order chi connectivity index (χ1) is 14.1. The summed E-state index contributed by atoms with van der Waals surface area (Å²) in [6, 6.07) is 24.8. The zero-order valence-electron chi connectivity index (χ0n) is 15.7. The van der Waals surface area contributed by atoms with Crippen molar-refractivity contribution in [3.05, 3.63) is 100 Å². The van der Waals surface area contributed by atoms with Crippen LogP contribution in [0, 0.1) is 0 Å². The lowest BCUT2D eigenvalue weighted by molar-refractivity contribution is 0.0950. The van der Waals surface area contributed by atoms with Gasteiger partial charge in [0.05, 0.1) is 11.6 Å². The summed E-state index contributed by atoms with van der Waals surface area (Å²) in [5.74, 6) is -0.478. The van der Waals surface area contributed by atoms with Crippen molar-refractivity contribution in [3.8, 4) is 11.1 Å². The van der Waals surface area contributed by atoms with E-state index in [1.54, 1.807) is 30.5 Å². The van der Waals surface area contributed by atoms with Crippen LogP contribution in [0.4, 0.5) is 0 Å². The van der Waals surface area contributed by atoms with Crippen molar-refractivity contribution < 1.29 is 4.79 Å². The van der Waals surface area contributed by atoms with Crippen molar-refractivity contribution in [2.45, 2.75) is 0 Å². The standard InChI is InChI=1S/C23H18N4O2/c1-27-23(29)20-10-6-5-9-19(20)21(26-27)22(28)25-24-15-16-11-13-18(14-12-16)17-7-3-2-4-8-17/h2-15H,1H3,(H,25,28)/b24-15+. The van der Waals surface area contributed by atoms with Gasteiger partial charge in [0.1, 0.15) is 0 Å². The Morgan fingerprint density at radius 1 is 0.897 bits per heavy atom. The number of hydrogen-bond donors (Lipinski definition) is 1. The molecule has 0 saturated heterocycles. The molecule has 6 nitrogen and oxygen atoms in total. The van der Waals surface area contributed by atoms with E-state index >= 15 is 0 Å². The summed E-state index contributed by atoms with van der Waals surface area (Å²) < 4.78 is 1.16. The van der Waals surface area contributed by atoms with Gasteiger partial charge in [0.15, 0.2) is 5.69 Å². The SMILES string of the molecule is Cn1nc(C(=O)N/N=C/c2ccc(-c3ccccc3)cc2)c2ccccc2c1=O. The van der Waals surface area contributed by atoms with Crippen LogP contribution in [0.2, 0.25) is 0 Å². The Kier molecular flexibility index (Phi) is 4.99. The smallest absolute Gasteiger partial charge is 0.267 e. The minimum absolute atomic E-state index is 0.152. The highest BCUT2D eigenvalue weighted by atomic mass is 16.2. The second-order valence-corrected chi connectivity index (χ2v) is 6.51. The fraction of sp³-hybridized carbons (Fsp3) is 0.0435. The molecule has 4 aromatic rings. The first kappa shape index (κ1) is 18.3. The molecular weight excluding hydrogens is 364 g/mol. The lowest BCUT2D eigenvalue weighted by Gasteiger charge is -2.06. The van der Waals surface area contributed by atoms with Crippen molar-refractivity contribution in [1.82, 2.24) is 15.2 Å². The van der Waals surface area contributed by atoms with E-state index in [1.807, 2.05) is 54.6 Å². The molecule has 1 amide bonds. The van der Waals surface area contributed by atoms with Crippen molar-refractivity contribution in [3.63, 3.8) is 0 Å². The van der Waals surface area contributed by atoms with Gasteiger partial charge in [-0.25, -0.2) is 10.1 Å². The summed E-state index contributed by atoms with van der Waals surface area (Å²) in [5, 5.41) is 9.05. The summed E-state index contributed by atoms with van der Waals surface area (Å²) in [7, 11) is 1.52. The zero-order chi connectivity index (χ0) is 20.2. The molecule has 0 aliphatic heterocycles. The molecule has 29 heavy (non-hydrogen) atoms. The first-order valence-corrected chi connectivity index (χ1v) is 9.08. The normalized spacial score (nSPS) is 11.1. The molecule has 0 fully saturated rings. The van der Waals surface area contributed by atoms with Crippen molar-refractivity contribution >= 4 is 22.9 Å². The van der Waals surface area contributed by atoms with Crippen LogP contribution >= 0.6 is 0 Å². The molecule has 3 aromatic carbocycles. The van der Waals surface area contributed by atoms with Crippen molar-refractivity contribution in [2.24, 2.45) is 12.1 Å². The van der Waals surface area contributed by atoms with Gasteiger partial charge in [0, 0.05) is 12.4 Å². The van der Waals surface area contributed by atoms with Gasteiger partial charge in [-0.1, -0.05) is 72.8 Å². The van der Waals surface area contributed by atoms with Gasteiger partial charge in [0.2, 0.25) is 0 Å². The molecule has 0 atom stereocenters. The highest BCUT2D eigenvalue weighted by molar-refractivity contribution is 6.04. The molecule has 1 N–H and O–H groups in total. The Hall–Kier alpha value is -4.06. The molecular formula is C23H18N4O2. The highest BCUT2D eigenvalue weighted by Gasteiger charge is 2.14. The number of nitrogens with one attached hydrogen (secondary N) is 1. The monoisotopic (exact) mass is 382 g/mol. The van der Waals surface area contributed by atoms with E-state index in [2.05, 4.69) is 15.6 Å². The molecule has 0 saturated carbocycles. The predicted molar refractivity (Wildman–Crippen MR) is 114 cm³/mol. The Balaban J connectivity index is 1.52.